The SMILES string of the molecule is CCOC(=O)c1sc(N)c(C(=O)OCC)c1COC(=O)/C=C/c1ccc(C)cc1. The van der Waals surface area contributed by atoms with Crippen molar-refractivity contribution in [3.63, 3.8) is 0 Å². The fraction of sp³-hybridized carbons (Fsp3) is 0.286. The molecule has 0 unspecified atom stereocenters. The van der Waals surface area contributed by atoms with Crippen molar-refractivity contribution in [3.8, 4) is 0 Å². The van der Waals surface area contributed by atoms with Crippen molar-refractivity contribution >= 4 is 40.3 Å². The summed E-state index contributed by atoms with van der Waals surface area (Å²) in [6.07, 6.45) is 2.89. The molecular weight excluding hydrogens is 394 g/mol. The molecule has 1 heterocycles. The first-order valence-electron chi connectivity index (χ1n) is 9.04. The van der Waals surface area contributed by atoms with Gasteiger partial charge in [-0.05, 0) is 32.4 Å². The van der Waals surface area contributed by atoms with Gasteiger partial charge < -0.3 is 19.9 Å². The minimum atomic E-state index is -0.682. The van der Waals surface area contributed by atoms with E-state index in [1.807, 2.05) is 31.2 Å². The normalized spacial score (nSPS) is 10.7. The summed E-state index contributed by atoms with van der Waals surface area (Å²) in [7, 11) is 0. The minimum absolute atomic E-state index is 0.0233. The van der Waals surface area contributed by atoms with Gasteiger partial charge in [0, 0.05) is 11.6 Å². The van der Waals surface area contributed by atoms with Crippen LogP contribution in [0.5, 0.6) is 0 Å². The van der Waals surface area contributed by atoms with E-state index in [0.717, 1.165) is 22.5 Å². The van der Waals surface area contributed by atoms with E-state index >= 15 is 0 Å². The Morgan fingerprint density at radius 2 is 1.62 bits per heavy atom. The van der Waals surface area contributed by atoms with E-state index in [1.165, 1.54) is 6.08 Å². The minimum Gasteiger partial charge on any atom is -0.462 e. The molecule has 0 aliphatic rings. The van der Waals surface area contributed by atoms with Gasteiger partial charge in [0.15, 0.2) is 0 Å². The van der Waals surface area contributed by atoms with Crippen LogP contribution in [0, 0.1) is 6.92 Å². The number of benzene rings is 1. The highest BCUT2D eigenvalue weighted by Gasteiger charge is 2.28. The lowest BCUT2D eigenvalue weighted by molar-refractivity contribution is -0.138. The second-order valence-corrected chi connectivity index (χ2v) is 6.99. The zero-order valence-electron chi connectivity index (χ0n) is 16.5. The van der Waals surface area contributed by atoms with Crippen molar-refractivity contribution < 1.29 is 28.6 Å². The van der Waals surface area contributed by atoms with Gasteiger partial charge in [-0.15, -0.1) is 11.3 Å². The molecule has 154 valence electrons. The maximum Gasteiger partial charge on any atom is 0.348 e. The number of nitrogens with two attached hydrogens (primary N) is 1. The highest BCUT2D eigenvalue weighted by molar-refractivity contribution is 7.18. The van der Waals surface area contributed by atoms with E-state index in [9.17, 15) is 14.4 Å². The van der Waals surface area contributed by atoms with Crippen LogP contribution in [-0.2, 0) is 25.6 Å². The third kappa shape index (κ3) is 5.92. The predicted molar refractivity (Wildman–Crippen MR) is 111 cm³/mol. The summed E-state index contributed by atoms with van der Waals surface area (Å²) in [6, 6.07) is 7.60. The number of ether oxygens (including phenoxy) is 3. The zero-order valence-corrected chi connectivity index (χ0v) is 17.3. The summed E-state index contributed by atoms with van der Waals surface area (Å²) in [5, 5.41) is 0.104. The second kappa shape index (κ2) is 10.4. The molecule has 0 saturated heterocycles. The fourth-order valence-electron chi connectivity index (χ4n) is 2.44. The van der Waals surface area contributed by atoms with E-state index in [-0.39, 0.29) is 40.8 Å². The van der Waals surface area contributed by atoms with Crippen molar-refractivity contribution in [1.29, 1.82) is 0 Å². The molecule has 2 aromatic rings. The van der Waals surface area contributed by atoms with Crippen LogP contribution in [0.4, 0.5) is 5.00 Å². The van der Waals surface area contributed by atoms with E-state index in [2.05, 4.69) is 0 Å². The first-order valence-corrected chi connectivity index (χ1v) is 9.85. The lowest BCUT2D eigenvalue weighted by atomic mass is 10.1. The Bertz CT molecular complexity index is 914. The molecule has 2 N–H and O–H groups in total. The lowest BCUT2D eigenvalue weighted by Crippen LogP contribution is -2.13. The highest BCUT2D eigenvalue weighted by Crippen LogP contribution is 2.33. The van der Waals surface area contributed by atoms with Crippen LogP contribution in [0.2, 0.25) is 0 Å². The molecule has 0 radical (unpaired) electrons. The van der Waals surface area contributed by atoms with Crippen LogP contribution in [0.1, 0.15) is 50.6 Å². The number of nitrogen functional groups attached to an aromatic ring is 1. The lowest BCUT2D eigenvalue weighted by Gasteiger charge is -2.08. The van der Waals surface area contributed by atoms with Crippen LogP contribution >= 0.6 is 11.3 Å². The van der Waals surface area contributed by atoms with Gasteiger partial charge >= 0.3 is 17.9 Å². The third-order valence-electron chi connectivity index (χ3n) is 3.82. The van der Waals surface area contributed by atoms with Gasteiger partial charge in [0.05, 0.1) is 13.2 Å². The largest absolute Gasteiger partial charge is 0.462 e. The molecule has 0 saturated carbocycles. The molecule has 1 aromatic carbocycles. The summed E-state index contributed by atoms with van der Waals surface area (Å²) in [5.41, 5.74) is 8.07. The van der Waals surface area contributed by atoms with Crippen LogP contribution in [0.25, 0.3) is 6.08 Å². The second-order valence-electron chi connectivity index (χ2n) is 5.94. The van der Waals surface area contributed by atoms with Gasteiger partial charge in [0.25, 0.3) is 0 Å². The zero-order chi connectivity index (χ0) is 21.4. The van der Waals surface area contributed by atoms with Gasteiger partial charge in [-0.2, -0.15) is 0 Å². The van der Waals surface area contributed by atoms with Crippen LogP contribution in [-0.4, -0.2) is 31.1 Å². The van der Waals surface area contributed by atoms with Crippen molar-refractivity contribution in [1.82, 2.24) is 0 Å². The monoisotopic (exact) mass is 417 g/mol. The fourth-order valence-corrected chi connectivity index (χ4v) is 3.40. The Balaban J connectivity index is 2.20. The summed E-state index contributed by atoms with van der Waals surface area (Å²) >= 11 is 0.900. The molecule has 0 spiro atoms. The topological polar surface area (TPSA) is 105 Å². The number of aryl methyl sites for hydroxylation is 1. The van der Waals surface area contributed by atoms with Crippen molar-refractivity contribution in [2.75, 3.05) is 18.9 Å². The van der Waals surface area contributed by atoms with Gasteiger partial charge in [-0.3, -0.25) is 0 Å². The molecular formula is C21H23NO6S. The molecule has 8 heteroatoms. The average molecular weight is 417 g/mol. The number of rotatable bonds is 8. The number of esters is 3. The van der Waals surface area contributed by atoms with E-state index in [0.29, 0.717) is 0 Å². The Labute approximate surface area is 173 Å². The third-order valence-corrected chi connectivity index (χ3v) is 4.86. The highest BCUT2D eigenvalue weighted by atomic mass is 32.1. The molecule has 0 aliphatic carbocycles. The van der Waals surface area contributed by atoms with Crippen molar-refractivity contribution in [2.24, 2.45) is 0 Å². The van der Waals surface area contributed by atoms with Crippen LogP contribution in [0.15, 0.2) is 30.3 Å². The number of anilines is 1. The van der Waals surface area contributed by atoms with Gasteiger partial charge in [0.2, 0.25) is 0 Å². The van der Waals surface area contributed by atoms with E-state index < -0.39 is 17.9 Å². The predicted octanol–water partition coefficient (Wildman–Crippen LogP) is 3.75. The number of carbonyl (C=O) groups excluding carboxylic acids is 3. The van der Waals surface area contributed by atoms with Crippen LogP contribution in [0.3, 0.4) is 0 Å². The summed E-state index contributed by atoms with van der Waals surface area (Å²) < 4.78 is 15.2. The summed E-state index contributed by atoms with van der Waals surface area (Å²) in [4.78, 5) is 36.7. The molecule has 29 heavy (non-hydrogen) atoms. The summed E-state index contributed by atoms with van der Waals surface area (Å²) in [5.74, 6) is -1.95. The maximum atomic E-state index is 12.3. The Hall–Kier alpha value is -3.13. The Morgan fingerprint density at radius 3 is 2.24 bits per heavy atom. The number of carbonyl (C=O) groups is 3. The van der Waals surface area contributed by atoms with Crippen LogP contribution < -0.4 is 5.73 Å². The standard InChI is InChI=1S/C21H23NO6S/c1-4-26-20(24)17-15(18(29-19(17)22)21(25)27-5-2)12-28-16(23)11-10-14-8-6-13(3)7-9-14/h6-11H,4-5,12,22H2,1-3H3/b11-10+. The molecule has 0 atom stereocenters. The molecule has 0 fully saturated rings. The van der Waals surface area contributed by atoms with Crippen molar-refractivity contribution in [3.05, 3.63) is 57.5 Å². The maximum absolute atomic E-state index is 12.3. The molecule has 2 rings (SSSR count). The van der Waals surface area contributed by atoms with E-state index in [4.69, 9.17) is 19.9 Å². The summed E-state index contributed by atoms with van der Waals surface area (Å²) in [6.45, 7) is 5.27. The molecule has 0 aliphatic heterocycles. The van der Waals surface area contributed by atoms with E-state index in [1.54, 1.807) is 19.9 Å². The van der Waals surface area contributed by atoms with Gasteiger partial charge in [-0.1, -0.05) is 29.8 Å². The number of hydrogen-bond donors (Lipinski definition) is 1. The first-order chi connectivity index (χ1) is 13.9. The smallest absolute Gasteiger partial charge is 0.348 e. The Kier molecular flexibility index (Phi) is 7.97. The average Bonchev–Trinajstić information content (AvgIpc) is 3.02. The van der Waals surface area contributed by atoms with Gasteiger partial charge in [0.1, 0.15) is 22.0 Å². The van der Waals surface area contributed by atoms with Gasteiger partial charge in [-0.25, -0.2) is 14.4 Å². The quantitative estimate of drug-likeness (QED) is 0.396. The Morgan fingerprint density at radius 1 is 1.00 bits per heavy atom. The molecule has 0 bridgehead atoms. The van der Waals surface area contributed by atoms with Crippen molar-refractivity contribution in [2.45, 2.75) is 27.4 Å². The molecule has 7 nitrogen and oxygen atoms in total. The molecule has 0 amide bonds. The number of hydrogen-bond acceptors (Lipinski definition) is 8. The first kappa shape index (κ1) is 22.2. The molecule has 1 aromatic heterocycles. The number of thiophene rings is 1.